The lowest BCUT2D eigenvalue weighted by Gasteiger charge is -2.20. The monoisotopic (exact) mass is 411 g/mol. The van der Waals surface area contributed by atoms with Gasteiger partial charge in [-0.15, -0.1) is 0 Å². The summed E-state index contributed by atoms with van der Waals surface area (Å²) in [6.07, 6.45) is 0.0607. The summed E-state index contributed by atoms with van der Waals surface area (Å²) in [5, 5.41) is 0. The molecular formula is C22H25N3O5. The van der Waals surface area contributed by atoms with Gasteiger partial charge in [-0.25, -0.2) is 0 Å². The predicted molar refractivity (Wildman–Crippen MR) is 111 cm³/mol. The number of para-hydroxylation sites is 2. The van der Waals surface area contributed by atoms with Gasteiger partial charge >= 0.3 is 0 Å². The van der Waals surface area contributed by atoms with Crippen molar-refractivity contribution in [2.75, 3.05) is 24.7 Å². The molecule has 1 atom stereocenters. The van der Waals surface area contributed by atoms with E-state index in [2.05, 4.69) is 10.9 Å². The summed E-state index contributed by atoms with van der Waals surface area (Å²) in [6, 6.07) is 13.8. The molecule has 3 amide bonds. The SMILES string of the molecule is CCOc1ccc(C(=O)NNC(=O)[C@@H]2CC(=O)N(c3ccccc3OCC)C2)cc1. The first-order valence-electron chi connectivity index (χ1n) is 9.88. The molecule has 8 heteroatoms. The Kier molecular flexibility index (Phi) is 6.90. The molecular weight excluding hydrogens is 386 g/mol. The zero-order chi connectivity index (χ0) is 21.5. The number of nitrogens with zero attached hydrogens (tertiary/aromatic N) is 1. The number of amides is 3. The molecule has 158 valence electrons. The maximum Gasteiger partial charge on any atom is 0.269 e. The highest BCUT2D eigenvalue weighted by Gasteiger charge is 2.36. The average molecular weight is 411 g/mol. The summed E-state index contributed by atoms with van der Waals surface area (Å²) in [6.45, 7) is 4.97. The summed E-state index contributed by atoms with van der Waals surface area (Å²) < 4.78 is 10.9. The second-order valence-corrected chi connectivity index (χ2v) is 6.71. The molecule has 0 aromatic heterocycles. The summed E-state index contributed by atoms with van der Waals surface area (Å²) in [5.41, 5.74) is 5.83. The number of nitrogens with one attached hydrogen (secondary N) is 2. The molecule has 1 saturated heterocycles. The van der Waals surface area contributed by atoms with Gasteiger partial charge in [0.1, 0.15) is 11.5 Å². The number of rotatable bonds is 7. The van der Waals surface area contributed by atoms with Crippen molar-refractivity contribution >= 4 is 23.4 Å². The Morgan fingerprint density at radius 1 is 1.00 bits per heavy atom. The van der Waals surface area contributed by atoms with Crippen LogP contribution in [0.3, 0.4) is 0 Å². The quantitative estimate of drug-likeness (QED) is 0.682. The van der Waals surface area contributed by atoms with E-state index in [0.29, 0.717) is 36.0 Å². The van der Waals surface area contributed by atoms with E-state index in [0.717, 1.165) is 0 Å². The van der Waals surface area contributed by atoms with E-state index in [1.54, 1.807) is 41.3 Å². The molecule has 2 N–H and O–H groups in total. The van der Waals surface area contributed by atoms with Crippen LogP contribution in [0.4, 0.5) is 5.69 Å². The van der Waals surface area contributed by atoms with Crippen molar-refractivity contribution in [2.45, 2.75) is 20.3 Å². The molecule has 2 aromatic carbocycles. The zero-order valence-electron chi connectivity index (χ0n) is 17.0. The molecule has 1 aliphatic heterocycles. The van der Waals surface area contributed by atoms with Gasteiger partial charge in [0.25, 0.3) is 5.91 Å². The summed E-state index contributed by atoms with van der Waals surface area (Å²) >= 11 is 0. The Morgan fingerprint density at radius 3 is 2.40 bits per heavy atom. The molecule has 0 spiro atoms. The molecule has 0 unspecified atom stereocenters. The fourth-order valence-electron chi connectivity index (χ4n) is 3.24. The molecule has 0 radical (unpaired) electrons. The van der Waals surface area contributed by atoms with Gasteiger partial charge in [0.2, 0.25) is 11.8 Å². The van der Waals surface area contributed by atoms with Gasteiger partial charge in [0, 0.05) is 18.5 Å². The number of hydrogen-bond acceptors (Lipinski definition) is 5. The van der Waals surface area contributed by atoms with Crippen LogP contribution in [0.1, 0.15) is 30.6 Å². The first-order chi connectivity index (χ1) is 14.5. The minimum Gasteiger partial charge on any atom is -0.494 e. The molecule has 2 aromatic rings. The number of ether oxygens (including phenoxy) is 2. The Labute approximate surface area is 175 Å². The first-order valence-corrected chi connectivity index (χ1v) is 9.88. The van der Waals surface area contributed by atoms with Gasteiger partial charge in [-0.1, -0.05) is 12.1 Å². The van der Waals surface area contributed by atoms with Crippen LogP contribution in [-0.4, -0.2) is 37.5 Å². The highest BCUT2D eigenvalue weighted by Crippen LogP contribution is 2.33. The minimum absolute atomic E-state index is 0.0607. The van der Waals surface area contributed by atoms with Crippen molar-refractivity contribution in [3.63, 3.8) is 0 Å². The third kappa shape index (κ3) is 4.89. The lowest BCUT2D eigenvalue weighted by Crippen LogP contribution is -2.45. The van der Waals surface area contributed by atoms with Gasteiger partial charge in [0.05, 0.1) is 24.8 Å². The molecule has 3 rings (SSSR count). The van der Waals surface area contributed by atoms with E-state index >= 15 is 0 Å². The minimum atomic E-state index is -0.576. The topological polar surface area (TPSA) is 97.0 Å². The van der Waals surface area contributed by atoms with Crippen molar-refractivity contribution < 1.29 is 23.9 Å². The fraction of sp³-hybridized carbons (Fsp3) is 0.318. The van der Waals surface area contributed by atoms with Crippen LogP contribution in [0.25, 0.3) is 0 Å². The molecule has 0 saturated carbocycles. The third-order valence-electron chi connectivity index (χ3n) is 4.68. The van der Waals surface area contributed by atoms with E-state index in [1.807, 2.05) is 26.0 Å². The van der Waals surface area contributed by atoms with Crippen LogP contribution in [0, 0.1) is 5.92 Å². The van der Waals surface area contributed by atoms with Crippen molar-refractivity contribution in [1.82, 2.24) is 10.9 Å². The van der Waals surface area contributed by atoms with E-state index in [9.17, 15) is 14.4 Å². The van der Waals surface area contributed by atoms with Gasteiger partial charge < -0.3 is 14.4 Å². The summed E-state index contributed by atoms with van der Waals surface area (Å²) in [5.74, 6) is -0.352. The highest BCUT2D eigenvalue weighted by molar-refractivity contribution is 6.02. The number of benzene rings is 2. The maximum atomic E-state index is 12.5. The third-order valence-corrected chi connectivity index (χ3v) is 4.68. The Hall–Kier alpha value is -3.55. The smallest absolute Gasteiger partial charge is 0.269 e. The van der Waals surface area contributed by atoms with Crippen LogP contribution in [0.2, 0.25) is 0 Å². The van der Waals surface area contributed by atoms with Crippen LogP contribution < -0.4 is 25.2 Å². The lowest BCUT2D eigenvalue weighted by atomic mass is 10.1. The Morgan fingerprint density at radius 2 is 1.70 bits per heavy atom. The fourth-order valence-corrected chi connectivity index (χ4v) is 3.24. The summed E-state index contributed by atoms with van der Waals surface area (Å²) in [4.78, 5) is 38.8. The van der Waals surface area contributed by atoms with Crippen molar-refractivity contribution in [3.8, 4) is 11.5 Å². The molecule has 0 bridgehead atoms. The Balaban J connectivity index is 1.58. The molecule has 1 fully saturated rings. The molecule has 30 heavy (non-hydrogen) atoms. The molecule has 8 nitrogen and oxygen atoms in total. The normalized spacial score (nSPS) is 15.6. The second-order valence-electron chi connectivity index (χ2n) is 6.71. The van der Waals surface area contributed by atoms with E-state index in [1.165, 1.54) is 0 Å². The first kappa shape index (κ1) is 21.2. The van der Waals surface area contributed by atoms with Crippen molar-refractivity contribution in [2.24, 2.45) is 5.92 Å². The van der Waals surface area contributed by atoms with Gasteiger partial charge in [-0.3, -0.25) is 25.2 Å². The standard InChI is InChI=1S/C22H25N3O5/c1-3-29-17-11-9-15(10-12-17)21(27)23-24-22(28)16-13-20(26)25(14-16)18-7-5-6-8-19(18)30-4-2/h5-12,16H,3-4,13-14H2,1-2H3,(H,23,27)(H,24,28)/t16-/m1/s1. The lowest BCUT2D eigenvalue weighted by molar-refractivity contribution is -0.126. The molecule has 1 aliphatic rings. The van der Waals surface area contributed by atoms with Gasteiger partial charge in [-0.2, -0.15) is 0 Å². The van der Waals surface area contributed by atoms with Gasteiger partial charge in [-0.05, 0) is 50.2 Å². The van der Waals surface area contributed by atoms with Crippen LogP contribution in [-0.2, 0) is 9.59 Å². The van der Waals surface area contributed by atoms with E-state index in [4.69, 9.17) is 9.47 Å². The zero-order valence-corrected chi connectivity index (χ0v) is 17.0. The highest BCUT2D eigenvalue weighted by atomic mass is 16.5. The van der Waals surface area contributed by atoms with Crippen molar-refractivity contribution in [1.29, 1.82) is 0 Å². The molecule has 1 heterocycles. The second kappa shape index (κ2) is 9.78. The van der Waals surface area contributed by atoms with Crippen molar-refractivity contribution in [3.05, 3.63) is 54.1 Å². The maximum absolute atomic E-state index is 12.5. The largest absolute Gasteiger partial charge is 0.494 e. The average Bonchev–Trinajstić information content (AvgIpc) is 3.15. The summed E-state index contributed by atoms with van der Waals surface area (Å²) in [7, 11) is 0. The van der Waals surface area contributed by atoms with Crippen LogP contribution in [0.15, 0.2) is 48.5 Å². The number of anilines is 1. The van der Waals surface area contributed by atoms with Gasteiger partial charge in [0.15, 0.2) is 0 Å². The predicted octanol–water partition coefficient (Wildman–Crippen LogP) is 2.30. The van der Waals surface area contributed by atoms with E-state index in [-0.39, 0.29) is 18.9 Å². The van der Waals surface area contributed by atoms with Crippen LogP contribution in [0.5, 0.6) is 11.5 Å². The van der Waals surface area contributed by atoms with Crippen LogP contribution >= 0.6 is 0 Å². The number of hydrogen-bond donors (Lipinski definition) is 2. The molecule has 0 aliphatic carbocycles. The van der Waals surface area contributed by atoms with E-state index < -0.39 is 17.7 Å². The number of carbonyl (C=O) groups is 3. The number of carbonyl (C=O) groups excluding carboxylic acids is 3. The number of hydrazine groups is 1. The Bertz CT molecular complexity index is 913.